The van der Waals surface area contributed by atoms with Crippen LogP contribution >= 0.6 is 0 Å². The zero-order valence-electron chi connectivity index (χ0n) is 7.99. The number of nitrogens with two attached hydrogens (primary N) is 2. The molecule has 0 radical (unpaired) electrons. The molecular formula is C9H12N4O2. The van der Waals surface area contributed by atoms with Crippen molar-refractivity contribution in [2.75, 3.05) is 12.0 Å². The maximum absolute atomic E-state index is 11.5. The summed E-state index contributed by atoms with van der Waals surface area (Å²) in [6.45, 7) is -0.197. The number of hydrazine groups is 1. The zero-order valence-corrected chi connectivity index (χ0v) is 7.99. The van der Waals surface area contributed by atoms with Gasteiger partial charge in [0, 0.05) is 0 Å². The first kappa shape index (κ1) is 11.0. The number of para-hydroxylation sites is 1. The third kappa shape index (κ3) is 2.96. The van der Waals surface area contributed by atoms with Crippen molar-refractivity contribution in [1.29, 1.82) is 0 Å². The topological polar surface area (TPSA) is 110 Å². The molecule has 1 aromatic carbocycles. The second kappa shape index (κ2) is 4.97. The Hall–Kier alpha value is -2.08. The summed E-state index contributed by atoms with van der Waals surface area (Å²) in [5.74, 6) is 4.23. The van der Waals surface area contributed by atoms with Crippen LogP contribution in [0.2, 0.25) is 0 Å². The number of hydrogen-bond acceptors (Lipinski definition) is 4. The van der Waals surface area contributed by atoms with Crippen LogP contribution in [-0.2, 0) is 4.79 Å². The highest BCUT2D eigenvalue weighted by Crippen LogP contribution is 2.12. The molecule has 6 heteroatoms. The highest BCUT2D eigenvalue weighted by Gasteiger charge is 2.09. The summed E-state index contributed by atoms with van der Waals surface area (Å²) >= 11 is 0. The average Bonchev–Trinajstić information content (AvgIpc) is 2.25. The Labute approximate surface area is 86.6 Å². The van der Waals surface area contributed by atoms with Gasteiger partial charge >= 0.3 is 0 Å². The van der Waals surface area contributed by atoms with Gasteiger partial charge in [0.25, 0.3) is 5.91 Å². The van der Waals surface area contributed by atoms with Crippen molar-refractivity contribution in [3.05, 3.63) is 29.8 Å². The first-order valence-electron chi connectivity index (χ1n) is 4.27. The van der Waals surface area contributed by atoms with E-state index in [9.17, 15) is 9.59 Å². The highest BCUT2D eigenvalue weighted by molar-refractivity contribution is 6.00. The minimum Gasteiger partial charge on any atom is -0.368 e. The molecule has 0 heterocycles. The number of anilines is 1. The van der Waals surface area contributed by atoms with Crippen LogP contribution in [0.5, 0.6) is 0 Å². The van der Waals surface area contributed by atoms with E-state index < -0.39 is 11.8 Å². The molecule has 0 aliphatic carbocycles. The van der Waals surface area contributed by atoms with Crippen molar-refractivity contribution in [2.45, 2.75) is 0 Å². The lowest BCUT2D eigenvalue weighted by atomic mass is 10.1. The van der Waals surface area contributed by atoms with E-state index in [1.54, 1.807) is 24.3 Å². The van der Waals surface area contributed by atoms with Crippen molar-refractivity contribution in [2.24, 2.45) is 11.6 Å². The van der Waals surface area contributed by atoms with Crippen molar-refractivity contribution in [1.82, 2.24) is 5.32 Å². The number of hydrogen-bond donors (Lipinski definition) is 4. The summed E-state index contributed by atoms with van der Waals surface area (Å²) in [4.78, 5) is 22.0. The summed E-state index contributed by atoms with van der Waals surface area (Å²) in [6, 6.07) is 6.67. The molecular weight excluding hydrogens is 196 g/mol. The van der Waals surface area contributed by atoms with Gasteiger partial charge in [-0.1, -0.05) is 12.1 Å². The van der Waals surface area contributed by atoms with Crippen molar-refractivity contribution < 1.29 is 9.59 Å². The van der Waals surface area contributed by atoms with E-state index >= 15 is 0 Å². The monoisotopic (exact) mass is 208 g/mol. The first-order chi connectivity index (χ1) is 7.15. The minimum absolute atomic E-state index is 0.197. The van der Waals surface area contributed by atoms with Crippen molar-refractivity contribution in [3.63, 3.8) is 0 Å². The second-order valence-electron chi connectivity index (χ2n) is 2.84. The fourth-order valence-electron chi connectivity index (χ4n) is 1.07. The molecule has 0 aliphatic rings. The lowest BCUT2D eigenvalue weighted by molar-refractivity contribution is -0.117. The molecule has 6 nitrogen and oxygen atoms in total. The smallest absolute Gasteiger partial charge is 0.253 e. The second-order valence-corrected chi connectivity index (χ2v) is 2.84. The van der Waals surface area contributed by atoms with Gasteiger partial charge < -0.3 is 16.5 Å². The first-order valence-corrected chi connectivity index (χ1v) is 4.27. The Kier molecular flexibility index (Phi) is 3.64. The predicted molar refractivity (Wildman–Crippen MR) is 55.8 cm³/mol. The molecule has 1 rings (SSSR count). The molecule has 0 unspecified atom stereocenters. The van der Waals surface area contributed by atoms with Gasteiger partial charge in [-0.3, -0.25) is 15.4 Å². The van der Waals surface area contributed by atoms with Crippen LogP contribution in [0.25, 0.3) is 0 Å². The van der Waals surface area contributed by atoms with Crippen LogP contribution in [0.15, 0.2) is 24.3 Å². The molecule has 6 N–H and O–H groups in total. The van der Waals surface area contributed by atoms with Gasteiger partial charge in [-0.2, -0.15) is 0 Å². The number of carbonyl (C=O) groups excluding carboxylic acids is 2. The standard InChI is InChI=1S/C9H12N4O2/c10-8(14)5-12-9(15)6-3-1-2-4-7(6)13-11/h1-4,13H,5,11H2,(H2,10,14)(H,12,15). The lowest BCUT2D eigenvalue weighted by Gasteiger charge is -2.07. The van der Waals surface area contributed by atoms with Crippen LogP contribution in [0.4, 0.5) is 5.69 Å². The molecule has 0 bridgehead atoms. The largest absolute Gasteiger partial charge is 0.368 e. The van der Waals surface area contributed by atoms with E-state index in [0.717, 1.165) is 0 Å². The van der Waals surface area contributed by atoms with Crippen LogP contribution < -0.4 is 22.3 Å². The zero-order chi connectivity index (χ0) is 11.3. The Balaban J connectivity index is 2.77. The SMILES string of the molecule is NNc1ccccc1C(=O)NCC(N)=O. The number of primary amides is 1. The number of nitrogens with one attached hydrogen (secondary N) is 2. The number of amides is 2. The average molecular weight is 208 g/mol. The van der Waals surface area contributed by atoms with Crippen molar-refractivity contribution >= 4 is 17.5 Å². The summed E-state index contributed by atoms with van der Waals surface area (Å²) in [6.07, 6.45) is 0. The molecule has 80 valence electrons. The van der Waals surface area contributed by atoms with Gasteiger partial charge in [-0.05, 0) is 12.1 Å². The third-order valence-electron chi connectivity index (χ3n) is 1.75. The maximum Gasteiger partial charge on any atom is 0.253 e. The Morgan fingerprint density at radius 1 is 1.27 bits per heavy atom. The van der Waals surface area contributed by atoms with Gasteiger partial charge in [0.15, 0.2) is 0 Å². The van der Waals surface area contributed by atoms with Crippen molar-refractivity contribution in [3.8, 4) is 0 Å². The summed E-state index contributed by atoms with van der Waals surface area (Å²) in [5, 5.41) is 2.36. The number of carbonyl (C=O) groups is 2. The van der Waals surface area contributed by atoms with Gasteiger partial charge in [0.1, 0.15) is 0 Å². The molecule has 0 aromatic heterocycles. The molecule has 0 fully saturated rings. The van der Waals surface area contributed by atoms with Gasteiger partial charge in [-0.15, -0.1) is 0 Å². The van der Waals surface area contributed by atoms with E-state index in [1.165, 1.54) is 0 Å². The van der Waals surface area contributed by atoms with Crippen LogP contribution in [0.3, 0.4) is 0 Å². The van der Waals surface area contributed by atoms with Gasteiger partial charge in [0.2, 0.25) is 5.91 Å². The molecule has 0 aliphatic heterocycles. The summed E-state index contributed by atoms with van der Waals surface area (Å²) in [5.41, 5.74) is 8.13. The van der Waals surface area contributed by atoms with Crippen LogP contribution in [-0.4, -0.2) is 18.4 Å². The molecule has 0 saturated heterocycles. The fraction of sp³-hybridized carbons (Fsp3) is 0.111. The quantitative estimate of drug-likeness (QED) is 0.383. The van der Waals surface area contributed by atoms with E-state index in [0.29, 0.717) is 11.3 Å². The molecule has 0 atom stereocenters. The number of nitrogen functional groups attached to an aromatic ring is 1. The number of rotatable bonds is 4. The van der Waals surface area contributed by atoms with Gasteiger partial charge in [-0.25, -0.2) is 0 Å². The fourth-order valence-corrected chi connectivity index (χ4v) is 1.07. The third-order valence-corrected chi connectivity index (χ3v) is 1.75. The molecule has 2 amide bonds. The van der Waals surface area contributed by atoms with E-state index in [1.807, 2.05) is 0 Å². The Morgan fingerprint density at radius 2 is 1.93 bits per heavy atom. The Bertz CT molecular complexity index is 378. The lowest BCUT2D eigenvalue weighted by Crippen LogP contribution is -2.33. The van der Waals surface area contributed by atoms with Crippen LogP contribution in [0, 0.1) is 0 Å². The maximum atomic E-state index is 11.5. The van der Waals surface area contributed by atoms with Gasteiger partial charge in [0.05, 0.1) is 17.8 Å². The molecule has 15 heavy (non-hydrogen) atoms. The molecule has 0 saturated carbocycles. The summed E-state index contributed by atoms with van der Waals surface area (Å²) < 4.78 is 0. The normalized spacial score (nSPS) is 9.40. The Morgan fingerprint density at radius 3 is 2.53 bits per heavy atom. The van der Waals surface area contributed by atoms with E-state index in [-0.39, 0.29) is 6.54 Å². The summed E-state index contributed by atoms with van der Waals surface area (Å²) in [7, 11) is 0. The van der Waals surface area contributed by atoms with E-state index in [4.69, 9.17) is 11.6 Å². The minimum atomic E-state index is -0.596. The molecule has 1 aromatic rings. The number of benzene rings is 1. The predicted octanol–water partition coefficient (Wildman–Crippen LogP) is -0.813. The van der Waals surface area contributed by atoms with E-state index in [2.05, 4.69) is 10.7 Å². The molecule has 0 spiro atoms. The highest BCUT2D eigenvalue weighted by atomic mass is 16.2. The van der Waals surface area contributed by atoms with Crippen LogP contribution in [0.1, 0.15) is 10.4 Å².